The highest BCUT2D eigenvalue weighted by molar-refractivity contribution is 7.71. The van der Waals surface area contributed by atoms with Crippen LogP contribution >= 0.6 is 12.2 Å². The Kier molecular flexibility index (Phi) is 4.95. The highest BCUT2D eigenvalue weighted by Gasteiger charge is 2.07. The van der Waals surface area contributed by atoms with Crippen LogP contribution in [0.25, 0.3) is 0 Å². The van der Waals surface area contributed by atoms with Crippen LogP contribution in [0.5, 0.6) is 11.5 Å². The second-order valence-electron chi connectivity index (χ2n) is 5.59. The molecular weight excluding hydrogens is 336 g/mol. The molecule has 0 aliphatic carbocycles. The van der Waals surface area contributed by atoms with Crippen LogP contribution in [0.1, 0.15) is 22.5 Å². The van der Waals surface area contributed by atoms with Gasteiger partial charge >= 0.3 is 0 Å². The number of benzene rings is 2. The van der Waals surface area contributed by atoms with E-state index in [9.17, 15) is 5.11 Å². The zero-order valence-electron chi connectivity index (χ0n) is 13.9. The lowest BCUT2D eigenvalue weighted by Gasteiger charge is -2.04. The minimum atomic E-state index is 0.0817. The summed E-state index contributed by atoms with van der Waals surface area (Å²) in [5, 5.41) is 21.4. The van der Waals surface area contributed by atoms with Crippen molar-refractivity contribution in [1.82, 2.24) is 14.9 Å². The number of nitrogens with zero attached hydrogens (tertiary/aromatic N) is 3. The molecule has 0 fully saturated rings. The molecule has 0 spiro atoms. The van der Waals surface area contributed by atoms with Crippen molar-refractivity contribution in [3.63, 3.8) is 0 Å². The molecule has 0 radical (unpaired) electrons. The third kappa shape index (κ3) is 3.95. The first kappa shape index (κ1) is 16.9. The van der Waals surface area contributed by atoms with E-state index in [-0.39, 0.29) is 5.75 Å². The number of ether oxygens (including phenoxy) is 1. The molecule has 1 heterocycles. The van der Waals surface area contributed by atoms with Gasteiger partial charge in [0, 0.05) is 18.1 Å². The molecule has 0 saturated heterocycles. The van der Waals surface area contributed by atoms with Gasteiger partial charge in [0.15, 0.2) is 5.82 Å². The van der Waals surface area contributed by atoms with E-state index in [1.165, 1.54) is 11.6 Å². The minimum absolute atomic E-state index is 0.0817. The van der Waals surface area contributed by atoms with E-state index >= 15 is 0 Å². The maximum atomic E-state index is 10.0. The summed E-state index contributed by atoms with van der Waals surface area (Å²) in [7, 11) is 1.55. The van der Waals surface area contributed by atoms with Crippen LogP contribution in [0.4, 0.5) is 0 Å². The van der Waals surface area contributed by atoms with E-state index in [2.05, 4.69) is 39.6 Å². The highest BCUT2D eigenvalue weighted by Crippen LogP contribution is 2.22. The molecule has 0 bridgehead atoms. The third-order valence-corrected chi connectivity index (χ3v) is 4.01. The van der Waals surface area contributed by atoms with Crippen molar-refractivity contribution in [3.8, 4) is 11.5 Å². The monoisotopic (exact) mass is 354 g/mol. The van der Waals surface area contributed by atoms with Gasteiger partial charge in [0.1, 0.15) is 11.5 Å². The number of nitrogens with one attached hydrogen (secondary N) is 1. The zero-order chi connectivity index (χ0) is 17.8. The molecule has 7 heteroatoms. The topological polar surface area (TPSA) is 75.4 Å². The average Bonchev–Trinajstić information content (AvgIpc) is 2.95. The summed E-state index contributed by atoms with van der Waals surface area (Å²) in [4.78, 5) is 0. The van der Waals surface area contributed by atoms with E-state index in [1.54, 1.807) is 30.1 Å². The molecular formula is C18H18N4O2S. The SMILES string of the molecule is COc1ccc(/C=N/n2c(Cc3ccc(C)cc3)n[nH]c2=S)c(O)c1. The number of aromatic nitrogens is 3. The van der Waals surface area contributed by atoms with Crippen molar-refractivity contribution in [2.45, 2.75) is 13.3 Å². The molecule has 0 aliphatic rings. The predicted octanol–water partition coefficient (Wildman–Crippen LogP) is 3.44. The Labute approximate surface area is 150 Å². The number of phenols is 1. The first-order chi connectivity index (χ1) is 12.1. The van der Waals surface area contributed by atoms with Crippen molar-refractivity contribution in [1.29, 1.82) is 0 Å². The lowest BCUT2D eigenvalue weighted by atomic mass is 10.1. The number of hydrogen-bond donors (Lipinski definition) is 2. The first-order valence-electron chi connectivity index (χ1n) is 7.70. The van der Waals surface area contributed by atoms with E-state index in [1.807, 2.05) is 6.92 Å². The quantitative estimate of drug-likeness (QED) is 0.544. The van der Waals surface area contributed by atoms with Crippen LogP contribution < -0.4 is 4.74 Å². The van der Waals surface area contributed by atoms with Crippen molar-refractivity contribution < 1.29 is 9.84 Å². The van der Waals surface area contributed by atoms with Gasteiger partial charge in [0.25, 0.3) is 0 Å². The lowest BCUT2D eigenvalue weighted by Crippen LogP contribution is -2.00. The summed E-state index contributed by atoms with van der Waals surface area (Å²) in [5.41, 5.74) is 2.88. The van der Waals surface area contributed by atoms with Crippen LogP contribution in [0.15, 0.2) is 47.6 Å². The molecule has 0 saturated carbocycles. The lowest BCUT2D eigenvalue weighted by molar-refractivity contribution is 0.407. The number of methoxy groups -OCH3 is 1. The standard InChI is InChI=1S/C18H18N4O2S/c1-12-3-5-13(6-4-12)9-17-20-21-18(25)22(17)19-11-14-7-8-15(24-2)10-16(14)23/h3-8,10-11,23H,9H2,1-2H3,(H,21,25)/b19-11+. The Morgan fingerprint density at radius 3 is 2.72 bits per heavy atom. The normalized spacial score (nSPS) is 11.1. The summed E-state index contributed by atoms with van der Waals surface area (Å²) in [6, 6.07) is 13.2. The smallest absolute Gasteiger partial charge is 0.216 e. The number of aryl methyl sites for hydroxylation is 1. The predicted molar refractivity (Wildman–Crippen MR) is 99.0 cm³/mol. The van der Waals surface area contributed by atoms with Gasteiger partial charge in [-0.3, -0.25) is 5.10 Å². The maximum Gasteiger partial charge on any atom is 0.216 e. The van der Waals surface area contributed by atoms with Gasteiger partial charge in [-0.25, -0.2) is 0 Å². The maximum absolute atomic E-state index is 10.0. The minimum Gasteiger partial charge on any atom is -0.507 e. The summed E-state index contributed by atoms with van der Waals surface area (Å²) in [6.07, 6.45) is 2.14. The molecule has 3 rings (SSSR count). The molecule has 0 unspecified atom stereocenters. The average molecular weight is 354 g/mol. The molecule has 0 amide bonds. The molecule has 0 aliphatic heterocycles. The number of hydrogen-bond acceptors (Lipinski definition) is 5. The van der Waals surface area contributed by atoms with Crippen LogP contribution in [0.3, 0.4) is 0 Å². The van der Waals surface area contributed by atoms with E-state index in [0.717, 1.165) is 5.56 Å². The summed E-state index contributed by atoms with van der Waals surface area (Å²) < 4.78 is 7.02. The van der Waals surface area contributed by atoms with E-state index in [0.29, 0.717) is 28.3 Å². The van der Waals surface area contributed by atoms with Gasteiger partial charge in [-0.05, 0) is 36.8 Å². The molecule has 1 aromatic heterocycles. The zero-order valence-corrected chi connectivity index (χ0v) is 14.7. The Hall–Kier alpha value is -2.93. The number of phenolic OH excluding ortho intramolecular Hbond substituents is 1. The summed E-state index contributed by atoms with van der Waals surface area (Å²) in [6.45, 7) is 2.05. The second kappa shape index (κ2) is 7.31. The Bertz CT molecular complexity index is 958. The van der Waals surface area contributed by atoms with Gasteiger partial charge in [0.2, 0.25) is 4.77 Å². The van der Waals surface area contributed by atoms with Crippen molar-refractivity contribution in [3.05, 3.63) is 69.8 Å². The van der Waals surface area contributed by atoms with Crippen LogP contribution in [-0.2, 0) is 6.42 Å². The van der Waals surface area contributed by atoms with Crippen molar-refractivity contribution >= 4 is 18.4 Å². The number of aromatic hydroxyl groups is 1. The summed E-state index contributed by atoms with van der Waals surface area (Å²) >= 11 is 5.25. The molecule has 25 heavy (non-hydrogen) atoms. The number of rotatable bonds is 5. The van der Waals surface area contributed by atoms with E-state index < -0.39 is 0 Å². The molecule has 6 nitrogen and oxygen atoms in total. The van der Waals surface area contributed by atoms with E-state index in [4.69, 9.17) is 17.0 Å². The van der Waals surface area contributed by atoms with Gasteiger partial charge in [-0.1, -0.05) is 29.8 Å². The van der Waals surface area contributed by atoms with Crippen LogP contribution in [-0.4, -0.2) is 33.3 Å². The van der Waals surface area contributed by atoms with Crippen molar-refractivity contribution in [2.24, 2.45) is 5.10 Å². The largest absolute Gasteiger partial charge is 0.507 e. The fraction of sp³-hybridized carbons (Fsp3) is 0.167. The van der Waals surface area contributed by atoms with Crippen LogP contribution in [0, 0.1) is 11.7 Å². The molecule has 2 aromatic carbocycles. The molecule has 0 atom stereocenters. The molecule has 128 valence electrons. The third-order valence-electron chi connectivity index (χ3n) is 3.75. The Balaban J connectivity index is 1.86. The number of H-pyrrole nitrogens is 1. The van der Waals surface area contributed by atoms with Gasteiger partial charge in [-0.2, -0.15) is 14.9 Å². The second-order valence-corrected chi connectivity index (χ2v) is 5.98. The van der Waals surface area contributed by atoms with Gasteiger partial charge in [-0.15, -0.1) is 0 Å². The Morgan fingerprint density at radius 1 is 1.28 bits per heavy atom. The Morgan fingerprint density at radius 2 is 2.04 bits per heavy atom. The van der Waals surface area contributed by atoms with Gasteiger partial charge < -0.3 is 9.84 Å². The fourth-order valence-corrected chi connectivity index (χ4v) is 2.52. The first-order valence-corrected chi connectivity index (χ1v) is 8.11. The number of aromatic amines is 1. The van der Waals surface area contributed by atoms with Crippen LogP contribution in [0.2, 0.25) is 0 Å². The highest BCUT2D eigenvalue weighted by atomic mass is 32.1. The van der Waals surface area contributed by atoms with Gasteiger partial charge in [0.05, 0.1) is 13.3 Å². The van der Waals surface area contributed by atoms with Crippen molar-refractivity contribution in [2.75, 3.05) is 7.11 Å². The fourth-order valence-electron chi connectivity index (χ4n) is 2.33. The summed E-state index contributed by atoms with van der Waals surface area (Å²) in [5.74, 6) is 1.35. The molecule has 2 N–H and O–H groups in total. The molecule has 3 aromatic rings.